The first-order valence-corrected chi connectivity index (χ1v) is 5.50. The Labute approximate surface area is 138 Å². The second-order valence-corrected chi connectivity index (χ2v) is 3.63. The Morgan fingerprint density at radius 1 is 1.23 bits per heavy atom. The van der Waals surface area contributed by atoms with E-state index in [-0.39, 0.29) is 65.4 Å². The Bertz CT molecular complexity index is 117. The molecule has 13 heavy (non-hydrogen) atoms. The van der Waals surface area contributed by atoms with Gasteiger partial charge < -0.3 is 29.9 Å². The van der Waals surface area contributed by atoms with Crippen LogP contribution in [0.3, 0.4) is 0 Å². The Hall–Kier alpha value is 2.62. The van der Waals surface area contributed by atoms with Gasteiger partial charge >= 0.3 is 0 Å². The van der Waals surface area contributed by atoms with Gasteiger partial charge in [-0.3, -0.25) is 0 Å². The van der Waals surface area contributed by atoms with Gasteiger partial charge in [-0.2, -0.15) is 0 Å². The molecule has 74 valence electrons. The fourth-order valence-electron chi connectivity index (χ4n) is 0.373. The van der Waals surface area contributed by atoms with Gasteiger partial charge in [-0.25, -0.2) is 0 Å². The molecule has 0 aromatic rings. The van der Waals surface area contributed by atoms with Crippen LogP contribution in [0.4, 0.5) is 0 Å². The molecule has 0 aromatic heterocycles. The molecule has 0 amide bonds. The van der Waals surface area contributed by atoms with Crippen molar-refractivity contribution in [3.8, 4) is 0 Å². The predicted molar refractivity (Wildman–Crippen MR) is 53.9 cm³/mol. The number of hydrogen-bond donors (Lipinski definition) is 2. The summed E-state index contributed by atoms with van der Waals surface area (Å²) in [7, 11) is 1.27. The summed E-state index contributed by atoms with van der Waals surface area (Å²) in [6.07, 6.45) is 0. The van der Waals surface area contributed by atoms with Gasteiger partial charge in [0.25, 0.3) is 0 Å². The van der Waals surface area contributed by atoms with Crippen molar-refractivity contribution in [2.24, 2.45) is 0 Å². The molecule has 0 aliphatic heterocycles. The fourth-order valence-corrected chi connectivity index (χ4v) is 1.21. The standard InChI is InChI=1S/C5H14N4S2.2Y/c1-3-7-5-9-11(10)8-4-6-2;;/h6-7H,3-5H2,1-2H3;;/q-2;;. The summed E-state index contributed by atoms with van der Waals surface area (Å²) in [6, 6.07) is 0. The van der Waals surface area contributed by atoms with E-state index in [1.807, 2.05) is 14.0 Å². The van der Waals surface area contributed by atoms with Crippen LogP contribution in [0.15, 0.2) is 0 Å². The number of nitrogens with zero attached hydrogens (tertiary/aromatic N) is 2. The first kappa shape index (κ1) is 21.0. The molecule has 0 heterocycles. The third kappa shape index (κ3) is 17.2. The van der Waals surface area contributed by atoms with Crippen LogP contribution in [0.25, 0.3) is 9.44 Å². The maximum Gasteiger partial charge on any atom is 0 e. The minimum absolute atomic E-state index is 0. The smallest absolute Gasteiger partial charge is 0 e. The van der Waals surface area contributed by atoms with Crippen molar-refractivity contribution in [1.82, 2.24) is 10.6 Å². The van der Waals surface area contributed by atoms with Crippen LogP contribution >= 0.6 is 0 Å². The second-order valence-electron chi connectivity index (χ2n) is 1.76. The normalized spacial score (nSPS) is 11.2. The first-order valence-electron chi connectivity index (χ1n) is 3.43. The summed E-state index contributed by atoms with van der Waals surface area (Å²) in [6.45, 7) is 4.14. The zero-order chi connectivity index (χ0) is 8.53. The van der Waals surface area contributed by atoms with Crippen LogP contribution in [0.2, 0.25) is 0 Å². The number of hydrogen-bond acceptors (Lipinski definition) is 3. The summed E-state index contributed by atoms with van der Waals surface area (Å²) >= 11 is 4.93. The molecular formula is C5H14N4S2Y2-2. The molecule has 0 aliphatic rings. The molecule has 1 unspecified atom stereocenters. The first-order chi connectivity index (χ1) is 5.31. The van der Waals surface area contributed by atoms with E-state index < -0.39 is 9.83 Å². The monoisotopic (exact) mass is 372 g/mol. The average Bonchev–Trinajstić information content (AvgIpc) is 2.01. The van der Waals surface area contributed by atoms with E-state index in [1.165, 1.54) is 0 Å². The van der Waals surface area contributed by atoms with E-state index in [9.17, 15) is 0 Å². The van der Waals surface area contributed by atoms with Crippen LogP contribution < -0.4 is 10.6 Å². The van der Waals surface area contributed by atoms with E-state index >= 15 is 0 Å². The van der Waals surface area contributed by atoms with E-state index in [2.05, 4.69) is 20.1 Å². The SMILES string of the molecule is CCNC[N-]S(=S)[N-]CNC.[Y].[Y]. The molecule has 0 spiro atoms. The zero-order valence-corrected chi connectivity index (χ0v) is 15.3. The van der Waals surface area contributed by atoms with E-state index in [0.29, 0.717) is 13.3 Å². The Morgan fingerprint density at radius 2 is 1.77 bits per heavy atom. The van der Waals surface area contributed by atoms with Gasteiger partial charge in [0, 0.05) is 65.4 Å². The van der Waals surface area contributed by atoms with Crippen LogP contribution in [0.1, 0.15) is 6.92 Å². The largest absolute Gasteiger partial charge is 0.607 e. The second kappa shape index (κ2) is 17.0. The van der Waals surface area contributed by atoms with Crippen molar-refractivity contribution in [3.05, 3.63) is 9.44 Å². The van der Waals surface area contributed by atoms with Gasteiger partial charge in [-0.15, -0.1) is 0 Å². The Balaban J connectivity index is -0.000000500. The third-order valence-electron chi connectivity index (χ3n) is 0.870. The predicted octanol–water partition coefficient (Wildman–Crippen LogP) is 0.383. The van der Waals surface area contributed by atoms with Crippen LogP contribution in [0, 0.1) is 0 Å². The minimum Gasteiger partial charge on any atom is -0.607 e. The van der Waals surface area contributed by atoms with E-state index in [4.69, 9.17) is 11.2 Å². The number of rotatable bonds is 7. The molecule has 0 saturated carbocycles. The van der Waals surface area contributed by atoms with E-state index in [1.54, 1.807) is 0 Å². The van der Waals surface area contributed by atoms with Gasteiger partial charge in [0.15, 0.2) is 0 Å². The van der Waals surface area contributed by atoms with E-state index in [0.717, 1.165) is 6.54 Å². The maximum atomic E-state index is 4.93. The van der Waals surface area contributed by atoms with Crippen LogP contribution in [-0.2, 0) is 86.4 Å². The molecule has 0 rings (SSSR count). The van der Waals surface area contributed by atoms with Gasteiger partial charge in [-0.05, 0) is 13.6 Å². The summed E-state index contributed by atoms with van der Waals surface area (Å²) in [5.74, 6) is 0. The molecule has 0 bridgehead atoms. The Morgan fingerprint density at radius 3 is 2.23 bits per heavy atom. The van der Waals surface area contributed by atoms with Crippen molar-refractivity contribution in [3.63, 3.8) is 0 Å². The topological polar surface area (TPSA) is 52.3 Å². The molecular weight excluding hydrogens is 358 g/mol. The summed E-state index contributed by atoms with van der Waals surface area (Å²) in [5, 5.41) is 5.93. The molecule has 2 N–H and O–H groups in total. The van der Waals surface area contributed by atoms with Gasteiger partial charge in [0.05, 0.1) is 0 Å². The van der Waals surface area contributed by atoms with Crippen molar-refractivity contribution < 1.29 is 65.4 Å². The quantitative estimate of drug-likeness (QED) is 0.636. The van der Waals surface area contributed by atoms with Gasteiger partial charge in [0.1, 0.15) is 0 Å². The minimum atomic E-state index is -0.563. The van der Waals surface area contributed by atoms with Crippen molar-refractivity contribution in [2.75, 3.05) is 26.9 Å². The molecule has 0 saturated heterocycles. The molecule has 1 atom stereocenters. The maximum absolute atomic E-state index is 4.93. The fraction of sp³-hybridized carbons (Fsp3) is 1.00. The summed E-state index contributed by atoms with van der Waals surface area (Å²) in [4.78, 5) is 0. The summed E-state index contributed by atoms with van der Waals surface area (Å²) < 4.78 is 8.12. The van der Waals surface area contributed by atoms with Crippen LogP contribution in [0.5, 0.6) is 0 Å². The molecule has 0 aliphatic carbocycles. The third-order valence-corrected chi connectivity index (χ3v) is 2.20. The molecule has 4 nitrogen and oxygen atoms in total. The Kier molecular flexibility index (Phi) is 27.5. The van der Waals surface area contributed by atoms with Crippen molar-refractivity contribution >= 4 is 21.0 Å². The molecule has 2 radical (unpaired) electrons. The molecule has 0 aromatic carbocycles. The zero-order valence-electron chi connectivity index (χ0n) is 7.99. The van der Waals surface area contributed by atoms with Crippen molar-refractivity contribution in [1.29, 1.82) is 0 Å². The molecule has 0 fully saturated rings. The number of nitrogens with one attached hydrogen (secondary N) is 2. The summed E-state index contributed by atoms with van der Waals surface area (Å²) in [5.41, 5.74) is 0. The van der Waals surface area contributed by atoms with Crippen LogP contribution in [-0.4, -0.2) is 26.9 Å². The van der Waals surface area contributed by atoms with Gasteiger partial charge in [-0.1, -0.05) is 31.4 Å². The average molecular weight is 372 g/mol. The molecule has 8 heteroatoms. The van der Waals surface area contributed by atoms with Crippen molar-refractivity contribution in [2.45, 2.75) is 6.92 Å². The van der Waals surface area contributed by atoms with Gasteiger partial charge in [0.2, 0.25) is 0 Å².